The molecule has 1 saturated heterocycles. The van der Waals surface area contributed by atoms with Gasteiger partial charge in [-0.1, -0.05) is 25.3 Å². The van der Waals surface area contributed by atoms with Crippen molar-refractivity contribution in [3.8, 4) is 0 Å². The Morgan fingerprint density at radius 3 is 2.79 bits per heavy atom. The molecule has 0 aromatic carbocycles. The fraction of sp³-hybridized carbons (Fsp3) is 0.737. The van der Waals surface area contributed by atoms with Crippen LogP contribution in [-0.2, 0) is 11.3 Å². The number of hydrogen-bond donors (Lipinski definition) is 2. The first-order valence-electron chi connectivity index (χ1n) is 9.27. The molecular formula is C19H31N3O2. The molecule has 5 heteroatoms. The highest BCUT2D eigenvalue weighted by molar-refractivity contribution is 5.09. The third kappa shape index (κ3) is 4.08. The van der Waals surface area contributed by atoms with Crippen molar-refractivity contribution in [2.75, 3.05) is 26.2 Å². The van der Waals surface area contributed by atoms with E-state index in [4.69, 9.17) is 4.74 Å². The maximum absolute atomic E-state index is 11.8. The number of morpholine rings is 1. The van der Waals surface area contributed by atoms with E-state index in [1.165, 1.54) is 32.1 Å². The molecule has 0 unspecified atom stereocenters. The van der Waals surface area contributed by atoms with Gasteiger partial charge in [0.2, 0.25) is 0 Å². The van der Waals surface area contributed by atoms with Gasteiger partial charge in [0, 0.05) is 43.5 Å². The highest BCUT2D eigenvalue weighted by Crippen LogP contribution is 2.36. The maximum atomic E-state index is 11.8. The Bertz CT molecular complexity index is 590. The third-order valence-electron chi connectivity index (χ3n) is 5.55. The van der Waals surface area contributed by atoms with E-state index in [0.29, 0.717) is 6.54 Å². The quantitative estimate of drug-likeness (QED) is 0.868. The zero-order valence-corrected chi connectivity index (χ0v) is 15.1. The van der Waals surface area contributed by atoms with E-state index in [-0.39, 0.29) is 16.7 Å². The lowest BCUT2D eigenvalue weighted by Gasteiger charge is -2.51. The standard InChI is InChI=1S/C19H31N3O2/c1-18(2)15-22(11-12-24-18)19(8-4-3-5-9-19)14-20-13-16-7-6-10-21-17(16)23/h6-7,10,20H,3-5,8-9,11-15H2,1-2H3,(H,21,23). The summed E-state index contributed by atoms with van der Waals surface area (Å²) in [6.45, 7) is 8.76. The maximum Gasteiger partial charge on any atom is 0.252 e. The SMILES string of the molecule is CC1(C)CN(C2(CNCc3ccc[nH]c3=O)CCCCC2)CCO1. The molecule has 1 aliphatic heterocycles. The van der Waals surface area contributed by atoms with E-state index in [2.05, 4.69) is 29.0 Å². The molecule has 3 rings (SSSR count). The molecule has 24 heavy (non-hydrogen) atoms. The summed E-state index contributed by atoms with van der Waals surface area (Å²) in [5.74, 6) is 0. The van der Waals surface area contributed by atoms with E-state index in [1.807, 2.05) is 12.1 Å². The highest BCUT2D eigenvalue weighted by Gasteiger charge is 2.41. The molecule has 1 aromatic rings. The van der Waals surface area contributed by atoms with Gasteiger partial charge in [-0.15, -0.1) is 0 Å². The smallest absolute Gasteiger partial charge is 0.252 e. The molecule has 0 spiro atoms. The first-order chi connectivity index (χ1) is 11.5. The number of aromatic amines is 1. The van der Waals surface area contributed by atoms with Crippen molar-refractivity contribution in [1.29, 1.82) is 0 Å². The Kier molecular flexibility index (Phi) is 5.42. The summed E-state index contributed by atoms with van der Waals surface area (Å²) in [4.78, 5) is 17.2. The molecule has 5 nitrogen and oxygen atoms in total. The van der Waals surface area contributed by atoms with Gasteiger partial charge in [0.1, 0.15) is 0 Å². The molecule has 2 N–H and O–H groups in total. The van der Waals surface area contributed by atoms with Gasteiger partial charge in [0.05, 0.1) is 12.2 Å². The summed E-state index contributed by atoms with van der Waals surface area (Å²) in [5.41, 5.74) is 0.959. The summed E-state index contributed by atoms with van der Waals surface area (Å²) in [5, 5.41) is 3.58. The Hall–Kier alpha value is -1.17. The first-order valence-corrected chi connectivity index (χ1v) is 9.27. The number of rotatable bonds is 5. The molecule has 1 saturated carbocycles. The second kappa shape index (κ2) is 7.38. The van der Waals surface area contributed by atoms with Crippen LogP contribution in [0.2, 0.25) is 0 Å². The topological polar surface area (TPSA) is 57.4 Å². The Morgan fingerprint density at radius 2 is 2.08 bits per heavy atom. The molecule has 1 aliphatic carbocycles. The van der Waals surface area contributed by atoms with Gasteiger partial charge in [-0.2, -0.15) is 0 Å². The van der Waals surface area contributed by atoms with Gasteiger partial charge in [-0.25, -0.2) is 0 Å². The summed E-state index contributed by atoms with van der Waals surface area (Å²) in [6, 6.07) is 3.79. The molecule has 0 atom stereocenters. The molecule has 1 aromatic heterocycles. The van der Waals surface area contributed by atoms with Gasteiger partial charge in [-0.3, -0.25) is 9.69 Å². The van der Waals surface area contributed by atoms with Crippen molar-refractivity contribution in [2.24, 2.45) is 0 Å². The van der Waals surface area contributed by atoms with Crippen LogP contribution in [0, 0.1) is 0 Å². The monoisotopic (exact) mass is 333 g/mol. The molecule has 2 heterocycles. The van der Waals surface area contributed by atoms with Crippen LogP contribution in [0.4, 0.5) is 0 Å². The van der Waals surface area contributed by atoms with Crippen molar-refractivity contribution in [2.45, 2.75) is 63.6 Å². The minimum atomic E-state index is -0.0702. The van der Waals surface area contributed by atoms with Crippen molar-refractivity contribution < 1.29 is 4.74 Å². The van der Waals surface area contributed by atoms with Gasteiger partial charge < -0.3 is 15.0 Å². The fourth-order valence-electron chi connectivity index (χ4n) is 4.26. The van der Waals surface area contributed by atoms with Crippen LogP contribution in [0.25, 0.3) is 0 Å². The molecular weight excluding hydrogens is 302 g/mol. The van der Waals surface area contributed by atoms with Crippen molar-refractivity contribution >= 4 is 0 Å². The number of nitrogens with zero attached hydrogens (tertiary/aromatic N) is 1. The van der Waals surface area contributed by atoms with E-state index >= 15 is 0 Å². The van der Waals surface area contributed by atoms with Gasteiger partial charge >= 0.3 is 0 Å². The predicted octanol–water partition coefficient (Wildman–Crippen LogP) is 2.28. The molecule has 0 radical (unpaired) electrons. The second-order valence-electron chi connectivity index (χ2n) is 7.94. The minimum Gasteiger partial charge on any atom is -0.373 e. The molecule has 2 fully saturated rings. The Morgan fingerprint density at radius 1 is 1.29 bits per heavy atom. The number of hydrogen-bond acceptors (Lipinski definition) is 4. The van der Waals surface area contributed by atoms with Crippen LogP contribution in [0.3, 0.4) is 0 Å². The van der Waals surface area contributed by atoms with Crippen LogP contribution >= 0.6 is 0 Å². The second-order valence-corrected chi connectivity index (χ2v) is 7.94. The van der Waals surface area contributed by atoms with Crippen LogP contribution in [0.1, 0.15) is 51.5 Å². The Balaban J connectivity index is 1.67. The third-order valence-corrected chi connectivity index (χ3v) is 5.55. The molecule has 134 valence electrons. The van der Waals surface area contributed by atoms with Gasteiger partial charge in [0.25, 0.3) is 5.56 Å². The highest BCUT2D eigenvalue weighted by atomic mass is 16.5. The molecule has 2 aliphatic rings. The summed E-state index contributed by atoms with van der Waals surface area (Å²) < 4.78 is 5.91. The first kappa shape index (κ1) is 17.6. The lowest BCUT2D eigenvalue weighted by atomic mass is 9.79. The molecule has 0 amide bonds. The number of aromatic nitrogens is 1. The van der Waals surface area contributed by atoms with Crippen molar-refractivity contribution in [3.05, 3.63) is 34.2 Å². The summed E-state index contributed by atoms with van der Waals surface area (Å²) in [7, 11) is 0. The van der Waals surface area contributed by atoms with Crippen molar-refractivity contribution in [3.63, 3.8) is 0 Å². The number of nitrogens with one attached hydrogen (secondary N) is 2. The molecule has 0 bridgehead atoms. The largest absolute Gasteiger partial charge is 0.373 e. The van der Waals surface area contributed by atoms with Crippen LogP contribution in [0.15, 0.2) is 23.1 Å². The van der Waals surface area contributed by atoms with Crippen LogP contribution in [0.5, 0.6) is 0 Å². The zero-order chi connectivity index (χ0) is 17.0. The lowest BCUT2D eigenvalue weighted by molar-refractivity contribution is -0.123. The number of pyridine rings is 1. The zero-order valence-electron chi connectivity index (χ0n) is 15.1. The number of H-pyrrole nitrogens is 1. The van der Waals surface area contributed by atoms with E-state index in [0.717, 1.165) is 31.8 Å². The minimum absolute atomic E-state index is 0.00944. The number of ether oxygens (including phenoxy) is 1. The average molecular weight is 333 g/mol. The van der Waals surface area contributed by atoms with E-state index in [1.54, 1.807) is 6.20 Å². The summed E-state index contributed by atoms with van der Waals surface area (Å²) >= 11 is 0. The van der Waals surface area contributed by atoms with Gasteiger partial charge in [-0.05, 0) is 32.8 Å². The fourth-order valence-corrected chi connectivity index (χ4v) is 4.26. The van der Waals surface area contributed by atoms with Crippen LogP contribution < -0.4 is 10.9 Å². The van der Waals surface area contributed by atoms with Gasteiger partial charge in [0.15, 0.2) is 0 Å². The normalized spacial score (nSPS) is 23.9. The lowest BCUT2D eigenvalue weighted by Crippen LogP contribution is -2.62. The summed E-state index contributed by atoms with van der Waals surface area (Å²) in [6.07, 6.45) is 8.09. The van der Waals surface area contributed by atoms with Crippen molar-refractivity contribution in [1.82, 2.24) is 15.2 Å². The Labute approximate surface area is 144 Å². The van der Waals surface area contributed by atoms with E-state index in [9.17, 15) is 4.79 Å². The van der Waals surface area contributed by atoms with Crippen LogP contribution in [-0.4, -0.2) is 47.3 Å². The average Bonchev–Trinajstić information content (AvgIpc) is 2.57. The predicted molar refractivity (Wildman–Crippen MR) is 96.2 cm³/mol. The van der Waals surface area contributed by atoms with E-state index < -0.39 is 0 Å².